The van der Waals surface area contributed by atoms with Crippen molar-refractivity contribution in [2.45, 2.75) is 19.4 Å². The molecule has 1 amide bonds. The molecule has 0 saturated carbocycles. The second kappa shape index (κ2) is 10.7. The number of fused-ring (bicyclic) bond motifs is 1. The van der Waals surface area contributed by atoms with Crippen LogP contribution in [0.3, 0.4) is 0 Å². The zero-order valence-electron chi connectivity index (χ0n) is 19.7. The molecule has 0 unspecified atom stereocenters. The van der Waals surface area contributed by atoms with Crippen molar-refractivity contribution in [2.24, 2.45) is 0 Å². The monoisotopic (exact) mass is 545 g/mol. The summed E-state index contributed by atoms with van der Waals surface area (Å²) in [5.74, 6) is -0.0928. The van der Waals surface area contributed by atoms with Gasteiger partial charge in [0.25, 0.3) is 5.91 Å². The minimum Gasteiger partial charge on any atom is -0.478 e. The van der Waals surface area contributed by atoms with E-state index in [1.54, 1.807) is 44.2 Å². The Labute approximate surface area is 217 Å². The van der Waals surface area contributed by atoms with E-state index < -0.39 is 17.5 Å². The fourth-order valence-electron chi connectivity index (χ4n) is 3.45. The third kappa shape index (κ3) is 6.12. The zero-order chi connectivity index (χ0) is 25.7. The molecular weight excluding hydrogens is 522 g/mol. The summed E-state index contributed by atoms with van der Waals surface area (Å²) in [5, 5.41) is 14.2. The van der Waals surface area contributed by atoms with Crippen LogP contribution in [0.25, 0.3) is 16.8 Å². The highest BCUT2D eigenvalue weighted by Gasteiger charge is 2.31. The lowest BCUT2D eigenvalue weighted by Crippen LogP contribution is -2.47. The standard InChI is InChI=1S/C29H24BrNO5/c1-29(2,36-23-16-13-20-7-3-4-8-21(20)18-23)28(34)31-25(27(32)33)17-19-11-14-22(15-12-19)35-26-10-6-5-9-24(26)30/h3-18H,1-2H3,(H,31,34)(H,32,33)/b25-17-. The number of amides is 1. The molecular formula is C29H24BrNO5. The average molecular weight is 546 g/mol. The van der Waals surface area contributed by atoms with Crippen molar-refractivity contribution in [3.63, 3.8) is 0 Å². The van der Waals surface area contributed by atoms with E-state index in [4.69, 9.17) is 9.47 Å². The van der Waals surface area contributed by atoms with Crippen LogP contribution < -0.4 is 14.8 Å². The maximum Gasteiger partial charge on any atom is 0.352 e. The number of hydrogen-bond acceptors (Lipinski definition) is 4. The number of para-hydroxylation sites is 1. The number of carbonyl (C=O) groups is 2. The lowest BCUT2D eigenvalue weighted by molar-refractivity contribution is -0.138. The Kier molecular flexibility index (Phi) is 7.41. The Balaban J connectivity index is 1.46. The van der Waals surface area contributed by atoms with Crippen LogP contribution in [0.1, 0.15) is 19.4 Å². The number of carboxylic acid groups (broad SMARTS) is 1. The average Bonchev–Trinajstić information content (AvgIpc) is 2.85. The number of aliphatic carboxylic acids is 1. The summed E-state index contributed by atoms with van der Waals surface area (Å²) in [4.78, 5) is 24.8. The Morgan fingerprint density at radius 1 is 0.861 bits per heavy atom. The zero-order valence-corrected chi connectivity index (χ0v) is 21.3. The van der Waals surface area contributed by atoms with Crippen molar-refractivity contribution >= 4 is 44.7 Å². The van der Waals surface area contributed by atoms with E-state index in [0.29, 0.717) is 22.8 Å². The summed E-state index contributed by atoms with van der Waals surface area (Å²) in [6.45, 7) is 3.18. The fraction of sp³-hybridized carbons (Fsp3) is 0.103. The predicted molar refractivity (Wildman–Crippen MR) is 143 cm³/mol. The van der Waals surface area contributed by atoms with Crippen LogP contribution in [-0.2, 0) is 9.59 Å². The van der Waals surface area contributed by atoms with Gasteiger partial charge in [-0.1, -0.05) is 54.6 Å². The van der Waals surface area contributed by atoms with Crippen molar-refractivity contribution in [1.29, 1.82) is 0 Å². The van der Waals surface area contributed by atoms with Crippen LogP contribution in [0, 0.1) is 0 Å². The first-order valence-electron chi connectivity index (χ1n) is 11.2. The lowest BCUT2D eigenvalue weighted by Gasteiger charge is -2.25. The van der Waals surface area contributed by atoms with Crippen molar-refractivity contribution < 1.29 is 24.2 Å². The molecule has 0 fully saturated rings. The van der Waals surface area contributed by atoms with Gasteiger partial charge in [0.15, 0.2) is 5.60 Å². The van der Waals surface area contributed by atoms with Gasteiger partial charge < -0.3 is 19.9 Å². The maximum atomic E-state index is 13.0. The molecule has 2 N–H and O–H groups in total. The summed E-state index contributed by atoms with van der Waals surface area (Å²) in [5.41, 5.74) is -1.01. The number of carbonyl (C=O) groups excluding carboxylic acids is 1. The van der Waals surface area contributed by atoms with Gasteiger partial charge >= 0.3 is 5.97 Å². The number of ether oxygens (including phenoxy) is 2. The van der Waals surface area contributed by atoms with E-state index in [1.807, 2.05) is 60.7 Å². The SMILES string of the molecule is CC(C)(Oc1ccc2ccccc2c1)C(=O)N/C(=C\c1ccc(Oc2ccccc2Br)cc1)C(=O)O. The number of benzene rings is 4. The Morgan fingerprint density at radius 3 is 2.19 bits per heavy atom. The molecule has 0 aliphatic carbocycles. The molecule has 0 aromatic heterocycles. The van der Waals surface area contributed by atoms with Gasteiger partial charge in [-0.2, -0.15) is 0 Å². The van der Waals surface area contributed by atoms with E-state index in [1.165, 1.54) is 6.08 Å². The molecule has 0 heterocycles. The Bertz CT molecular complexity index is 1440. The highest BCUT2D eigenvalue weighted by Crippen LogP contribution is 2.29. The van der Waals surface area contributed by atoms with E-state index >= 15 is 0 Å². The van der Waals surface area contributed by atoms with Crippen molar-refractivity contribution in [3.8, 4) is 17.2 Å². The fourth-order valence-corrected chi connectivity index (χ4v) is 3.81. The van der Waals surface area contributed by atoms with Gasteiger partial charge in [-0.05, 0) is 88.6 Å². The second-order valence-corrected chi connectivity index (χ2v) is 9.39. The molecule has 0 aliphatic heterocycles. The van der Waals surface area contributed by atoms with E-state index in [-0.39, 0.29) is 5.70 Å². The van der Waals surface area contributed by atoms with Crippen molar-refractivity contribution in [3.05, 3.63) is 107 Å². The van der Waals surface area contributed by atoms with E-state index in [0.717, 1.165) is 15.2 Å². The summed E-state index contributed by atoms with van der Waals surface area (Å²) < 4.78 is 12.6. The molecule has 0 radical (unpaired) electrons. The summed E-state index contributed by atoms with van der Waals surface area (Å²) in [7, 11) is 0. The molecule has 4 aromatic carbocycles. The highest BCUT2D eigenvalue weighted by atomic mass is 79.9. The number of rotatable bonds is 8. The largest absolute Gasteiger partial charge is 0.478 e. The molecule has 0 spiro atoms. The molecule has 4 aromatic rings. The molecule has 182 valence electrons. The summed E-state index contributed by atoms with van der Waals surface area (Å²) in [6.07, 6.45) is 1.38. The number of hydrogen-bond donors (Lipinski definition) is 2. The normalized spacial score (nSPS) is 11.7. The lowest BCUT2D eigenvalue weighted by atomic mass is 10.1. The van der Waals surface area contributed by atoms with Crippen LogP contribution in [0.15, 0.2) is 101 Å². The first-order chi connectivity index (χ1) is 17.2. The molecule has 0 aliphatic rings. The van der Waals surface area contributed by atoms with Gasteiger partial charge in [0.05, 0.1) is 4.47 Å². The molecule has 4 rings (SSSR count). The third-order valence-electron chi connectivity index (χ3n) is 5.37. The second-order valence-electron chi connectivity index (χ2n) is 8.54. The molecule has 6 nitrogen and oxygen atoms in total. The van der Waals surface area contributed by atoms with Gasteiger partial charge in [-0.25, -0.2) is 4.79 Å². The third-order valence-corrected chi connectivity index (χ3v) is 6.03. The smallest absolute Gasteiger partial charge is 0.352 e. The Hall–Kier alpha value is -4.10. The highest BCUT2D eigenvalue weighted by molar-refractivity contribution is 9.10. The van der Waals surface area contributed by atoms with Crippen LogP contribution in [-0.4, -0.2) is 22.6 Å². The van der Waals surface area contributed by atoms with Gasteiger partial charge in [-0.3, -0.25) is 4.79 Å². The summed E-state index contributed by atoms with van der Waals surface area (Å²) in [6, 6.07) is 27.7. The molecule has 0 saturated heterocycles. The van der Waals surface area contributed by atoms with Crippen molar-refractivity contribution in [2.75, 3.05) is 0 Å². The topological polar surface area (TPSA) is 84.9 Å². The van der Waals surface area contributed by atoms with E-state index in [2.05, 4.69) is 21.2 Å². The summed E-state index contributed by atoms with van der Waals surface area (Å²) >= 11 is 3.44. The van der Waals surface area contributed by atoms with Crippen LogP contribution in [0.2, 0.25) is 0 Å². The quantitative estimate of drug-likeness (QED) is 0.238. The molecule has 0 atom stereocenters. The van der Waals surface area contributed by atoms with E-state index in [9.17, 15) is 14.7 Å². The van der Waals surface area contributed by atoms with Crippen LogP contribution in [0.5, 0.6) is 17.2 Å². The number of nitrogens with one attached hydrogen (secondary N) is 1. The first-order valence-corrected chi connectivity index (χ1v) is 12.0. The number of halogens is 1. The van der Waals surface area contributed by atoms with Gasteiger partial charge in [-0.15, -0.1) is 0 Å². The van der Waals surface area contributed by atoms with Crippen molar-refractivity contribution in [1.82, 2.24) is 5.32 Å². The van der Waals surface area contributed by atoms with Gasteiger partial charge in [0, 0.05) is 0 Å². The minimum absolute atomic E-state index is 0.269. The van der Waals surface area contributed by atoms with Crippen LogP contribution in [0.4, 0.5) is 0 Å². The van der Waals surface area contributed by atoms with Gasteiger partial charge in [0.1, 0.15) is 22.9 Å². The minimum atomic E-state index is -1.32. The predicted octanol–water partition coefficient (Wildman–Crippen LogP) is 6.79. The van der Waals surface area contributed by atoms with Gasteiger partial charge in [0.2, 0.25) is 0 Å². The number of carboxylic acids is 1. The van der Waals surface area contributed by atoms with Crippen LogP contribution >= 0.6 is 15.9 Å². The Morgan fingerprint density at radius 2 is 1.50 bits per heavy atom. The first kappa shape index (κ1) is 25.0. The molecule has 36 heavy (non-hydrogen) atoms. The molecule has 0 bridgehead atoms. The molecule has 7 heteroatoms. The maximum absolute atomic E-state index is 13.0.